The third-order valence-corrected chi connectivity index (χ3v) is 29.2. The van der Waals surface area contributed by atoms with E-state index >= 15 is 0 Å². The number of fused-ring (bicyclic) bond motifs is 12. The zero-order valence-corrected chi connectivity index (χ0v) is 81.8. The summed E-state index contributed by atoms with van der Waals surface area (Å²) >= 11 is 5.61. The van der Waals surface area contributed by atoms with Gasteiger partial charge < -0.3 is 81.0 Å². The highest BCUT2D eigenvalue weighted by Crippen LogP contribution is 2.46. The number of methoxy groups -OCH3 is 3. The molecule has 0 amide bonds. The molecule has 2 saturated heterocycles. The normalized spacial score (nSPS) is 12.9. The molecule has 38 heteroatoms. The number of halogens is 10. The van der Waals surface area contributed by atoms with E-state index < -0.39 is 96.4 Å². The monoisotopic (exact) mass is 2120 g/mol. The Kier molecular flexibility index (Phi) is 29.3. The topological polar surface area (TPSA) is 330 Å². The van der Waals surface area contributed by atoms with Crippen LogP contribution in [0.3, 0.4) is 0 Å². The van der Waals surface area contributed by atoms with Gasteiger partial charge in [-0.25, -0.2) is 32.3 Å². The molecule has 0 unspecified atom stereocenters. The molecule has 11 aromatic carbocycles. The van der Waals surface area contributed by atoms with Crippen molar-refractivity contribution < 1.29 is 86.7 Å². The number of para-hydroxylation sites is 1. The minimum atomic E-state index is -4.61. The van der Waals surface area contributed by atoms with E-state index in [1.165, 1.54) is 93.2 Å². The molecule has 0 atom stereocenters. The van der Waals surface area contributed by atoms with Crippen LogP contribution >= 0.6 is 51.2 Å². The van der Waals surface area contributed by atoms with E-state index in [-0.39, 0.29) is 107 Å². The largest absolute Gasteiger partial charge is 0.505 e. The van der Waals surface area contributed by atoms with Crippen LogP contribution in [0.1, 0.15) is 71.9 Å². The summed E-state index contributed by atoms with van der Waals surface area (Å²) in [7, 11) is 4.48. The molecule has 21 rings (SSSR count). The first-order chi connectivity index (χ1) is 70.6. The number of nitrogens with two attached hydrogens (primary N) is 1. The third kappa shape index (κ3) is 21.1. The highest BCUT2D eigenvalue weighted by Gasteiger charge is 2.35. The Morgan fingerprint density at radius 2 is 0.755 bits per heavy atom. The molecule has 0 saturated carbocycles. The van der Waals surface area contributed by atoms with Crippen molar-refractivity contribution in [3.05, 3.63) is 387 Å². The van der Waals surface area contributed by atoms with Gasteiger partial charge in [0.1, 0.15) is 59.4 Å². The number of aromatic nitrogens is 4. The molecule has 0 bridgehead atoms. The lowest BCUT2D eigenvalue weighted by Crippen LogP contribution is -2.29. The van der Waals surface area contributed by atoms with Crippen molar-refractivity contribution in [2.75, 3.05) is 63.0 Å². The number of hydrogen-bond donors (Lipinski definition) is 4. The number of pyridine rings is 4. The Morgan fingerprint density at radius 1 is 0.361 bits per heavy atom. The molecule has 5 N–H and O–H groups in total. The van der Waals surface area contributed by atoms with Gasteiger partial charge in [0.25, 0.3) is 22.2 Å². The highest BCUT2D eigenvalue weighted by molar-refractivity contribution is 9.10. The maximum absolute atomic E-state index is 14.0. The quantitative estimate of drug-likeness (QED) is 0.0431. The zero-order chi connectivity index (χ0) is 104. The lowest BCUT2D eigenvalue weighted by molar-refractivity contribution is -0.138. The van der Waals surface area contributed by atoms with Gasteiger partial charge in [0.05, 0.1) is 86.4 Å². The first-order valence-electron chi connectivity index (χ1n) is 45.6. The molecule has 2 fully saturated rings. The Morgan fingerprint density at radius 3 is 1.20 bits per heavy atom. The number of anilines is 3. The third-order valence-electron chi connectivity index (χ3n) is 25.0. The summed E-state index contributed by atoms with van der Waals surface area (Å²) in [5.74, 6) is -1.65. The van der Waals surface area contributed by atoms with Crippen molar-refractivity contribution in [1.29, 1.82) is 0 Å². The van der Waals surface area contributed by atoms with E-state index in [4.69, 9.17) is 37.6 Å². The minimum absolute atomic E-state index is 0.0310. The molecule has 19 aromatic rings. The lowest BCUT2D eigenvalue weighted by atomic mass is 10.1. The number of nitrogen functional groups attached to an aromatic ring is 1. The van der Waals surface area contributed by atoms with E-state index in [1.807, 2.05) is 48.5 Å². The smallest absolute Gasteiger partial charge is 0.416 e. The van der Waals surface area contributed by atoms with Gasteiger partial charge >= 0.3 is 34.9 Å². The van der Waals surface area contributed by atoms with Gasteiger partial charge in [-0.3, -0.25) is 19.2 Å². The average Bonchev–Trinajstić information content (AvgIpc) is 0.713. The van der Waals surface area contributed by atoms with Crippen molar-refractivity contribution in [2.24, 2.45) is 0 Å². The number of nitrogens with zero attached hydrogens (tertiary/aromatic N) is 6. The summed E-state index contributed by atoms with van der Waals surface area (Å²) in [5, 5.41) is 35.3. The summed E-state index contributed by atoms with van der Waals surface area (Å²) in [4.78, 5) is 110. The number of piperidine rings is 2. The zero-order valence-electron chi connectivity index (χ0n) is 77.8. The molecule has 2 aliphatic heterocycles. The first-order valence-corrected chi connectivity index (χ1v) is 48.9. The van der Waals surface area contributed by atoms with Crippen LogP contribution in [-0.4, -0.2) is 81.1 Å². The summed E-state index contributed by atoms with van der Waals surface area (Å²) in [5.41, 5.74) is 4.84. The second kappa shape index (κ2) is 42.5. The van der Waals surface area contributed by atoms with Crippen molar-refractivity contribution in [3.63, 3.8) is 0 Å². The van der Waals surface area contributed by atoms with Gasteiger partial charge in [-0.05, 0) is 228 Å². The predicted octanol–water partition coefficient (Wildman–Crippen LogP) is 23.0. The molecule has 2 aliphatic rings. The van der Waals surface area contributed by atoms with Gasteiger partial charge in [0, 0.05) is 90.4 Å². The number of alkyl halides is 6. The van der Waals surface area contributed by atoms with Gasteiger partial charge in [-0.2, -0.15) is 26.3 Å². The number of ether oxygens (including phenoxy) is 3. The van der Waals surface area contributed by atoms with Crippen LogP contribution in [0.5, 0.6) is 34.5 Å². The fourth-order valence-electron chi connectivity index (χ4n) is 17.9. The molecular weight excluding hydrogens is 2040 g/mol. The van der Waals surface area contributed by atoms with Crippen molar-refractivity contribution in [2.45, 2.75) is 106 Å². The average molecular weight is 2130 g/mol. The first kappa shape index (κ1) is 101. The van der Waals surface area contributed by atoms with Crippen LogP contribution in [0, 0.1) is 17.5 Å². The molecule has 0 radical (unpaired) electrons. The second-order valence-corrected chi connectivity index (χ2v) is 38.4. The predicted molar refractivity (Wildman–Crippen MR) is 550 cm³/mol. The van der Waals surface area contributed by atoms with E-state index in [9.17, 15) is 93.2 Å². The Labute approximate surface area is 846 Å². The van der Waals surface area contributed by atoms with Crippen LogP contribution < -0.4 is 74.5 Å². The van der Waals surface area contributed by atoms with Crippen LogP contribution in [0.25, 0.3) is 87.5 Å². The van der Waals surface area contributed by atoms with Crippen molar-refractivity contribution >= 4 is 156 Å². The summed E-state index contributed by atoms with van der Waals surface area (Å²) in [6, 6.07) is 62.8. The van der Waals surface area contributed by atoms with Gasteiger partial charge in [0.2, 0.25) is 0 Å². The van der Waals surface area contributed by atoms with E-state index in [2.05, 4.69) is 25.7 Å². The molecule has 147 heavy (non-hydrogen) atoms. The number of benzene rings is 11. The SMILES string of the molecule is COc1cc2c3oc(=O)c(Sc4ccccc4Br)c(O)c3c(=O)n(Cc3ccc(F)cc3)c2cc1OC.COc1ccc(Cn2c(=O)c3c(O)c(Sc4cccc(C(F)(F)F)c4)c(=O)oc3c3cc(N4CCCCC4)ccc32)cc1.Nc1cc(=O)oc2c1c(=O)n(Cc1cccc(F)c1)c1ccccc21.O=c1oc2c(c(O)c1Sc1cccc(C(F)(F)F)c1)c(=O)n(Cc1ccc(F)cc1)c1ccc(N3CCCCC3)cc21. The van der Waals surface area contributed by atoms with Crippen LogP contribution in [0.15, 0.2) is 339 Å². The molecule has 10 heterocycles. The van der Waals surface area contributed by atoms with E-state index in [1.54, 1.807) is 116 Å². The Hall–Kier alpha value is -15.8. The van der Waals surface area contributed by atoms with Crippen LogP contribution in [0.4, 0.5) is 56.6 Å². The standard InChI is InChI=1S/C32H27F3N2O5S.C31H24F4N2O4S.C27H19BrFNO6S.C19H13FN2O3/c1-41-22-11-8-19(9-12-22)18-37-25-13-10-21(36-14-3-2-4-15-36)17-24(25)28-26(30(37)39)27(38)29(31(40)42-28)43-23-7-5-6-20(16-23)32(33,34)35;32-20-9-7-18(8-10-20)17-37-24-12-11-21(36-13-2-1-3-14-36)16-23(24)27-25(29(37)39)26(38)28(30(40)41-27)42-22-6-4-5-19(15-22)31(33,34)35;1-34-19-11-16-18(12-20(19)35-2)30(13-14-7-9-15(29)10-8-14)26(32)22-23(31)25(27(33)36-24(16)22)37-21-6-4-3-5-17(21)28;20-12-5-3-4-11(8-12)10-22-15-7-2-1-6-13(15)18-17(19(22)24)14(21)9-16(23)25-18/h5-13,16-17,38H,2-4,14-15,18H2,1H3;4-12,15-16,38H,1-3,13-14,17H2;3-12,31H,13H2,1-2H3;1-9H,10,21H2. The summed E-state index contributed by atoms with van der Waals surface area (Å²) < 4.78 is 165. The van der Waals surface area contributed by atoms with Crippen molar-refractivity contribution in [3.8, 4) is 34.5 Å². The highest BCUT2D eigenvalue weighted by atomic mass is 79.9. The molecular formula is C109H83BrF9N7O18S3. The molecule has 0 aliphatic carbocycles. The lowest BCUT2D eigenvalue weighted by Gasteiger charge is -2.29. The second-order valence-electron chi connectivity index (χ2n) is 34.4. The number of hydrogen-bond acceptors (Lipinski definition) is 24. The van der Waals surface area contributed by atoms with Gasteiger partial charge in [-0.15, -0.1) is 0 Å². The molecule has 25 nitrogen and oxygen atoms in total. The maximum atomic E-state index is 14.0. The minimum Gasteiger partial charge on any atom is -0.505 e. The van der Waals surface area contributed by atoms with Gasteiger partial charge in [0.15, 0.2) is 51.1 Å². The number of aromatic hydroxyl groups is 3. The van der Waals surface area contributed by atoms with Crippen LogP contribution in [0.2, 0.25) is 0 Å². The van der Waals surface area contributed by atoms with E-state index in [0.717, 1.165) is 124 Å². The van der Waals surface area contributed by atoms with Crippen LogP contribution in [-0.2, 0) is 38.5 Å². The van der Waals surface area contributed by atoms with Crippen molar-refractivity contribution in [1.82, 2.24) is 18.3 Å². The molecule has 750 valence electrons. The van der Waals surface area contributed by atoms with Gasteiger partial charge in [-0.1, -0.05) is 120 Å². The Balaban J connectivity index is 0.000000130. The molecule has 0 spiro atoms. The Bertz CT molecular complexity index is 8940. The maximum Gasteiger partial charge on any atom is 0.416 e. The summed E-state index contributed by atoms with van der Waals surface area (Å²) in [6.45, 7) is 3.81. The molecule has 8 aromatic heterocycles. The van der Waals surface area contributed by atoms with E-state index in [0.29, 0.717) is 110 Å². The number of rotatable bonds is 19. The summed E-state index contributed by atoms with van der Waals surface area (Å²) in [6.07, 6.45) is -2.80. The fourth-order valence-corrected chi connectivity index (χ4v) is 21.0. The fraction of sp³-hybridized carbons (Fsp3) is 0.174.